The van der Waals surface area contributed by atoms with Crippen LogP contribution in [0.15, 0.2) is 54.6 Å². The second-order valence-corrected chi connectivity index (χ2v) is 13.0. The quantitative estimate of drug-likeness (QED) is 0.227. The third-order valence-corrected chi connectivity index (χ3v) is 9.90. The Bertz CT molecular complexity index is 1700. The van der Waals surface area contributed by atoms with Crippen LogP contribution in [0.2, 0.25) is 0 Å². The number of likely N-dealkylation sites (tertiary alicyclic amines) is 1. The number of halogens is 1. The Balaban J connectivity index is 1.10. The first-order valence-corrected chi connectivity index (χ1v) is 16.4. The molecule has 1 atom stereocenters. The van der Waals surface area contributed by atoms with Crippen LogP contribution < -0.4 is 5.32 Å². The molecule has 0 radical (unpaired) electrons. The number of amides is 1. The molecule has 0 spiro atoms. The number of hydrogen-bond donors (Lipinski definition) is 1. The Hall–Kier alpha value is -4.00. The number of nitrogens with zero attached hydrogens (tertiary/aromatic N) is 4. The van der Waals surface area contributed by atoms with Crippen LogP contribution in [-0.4, -0.2) is 38.7 Å². The van der Waals surface area contributed by atoms with Crippen molar-refractivity contribution in [1.29, 1.82) is 0 Å². The van der Waals surface area contributed by atoms with E-state index in [2.05, 4.69) is 56.4 Å². The largest absolute Gasteiger partial charge is 0.378 e. The molecule has 1 saturated heterocycles. The Labute approximate surface area is 259 Å². The molecule has 1 N–H and O–H groups in total. The van der Waals surface area contributed by atoms with Crippen molar-refractivity contribution in [2.75, 3.05) is 18.4 Å². The number of nitrogens with one attached hydrogen (secondary N) is 1. The molecule has 2 aromatic carbocycles. The number of piperidine rings is 1. The van der Waals surface area contributed by atoms with Crippen LogP contribution >= 0.6 is 0 Å². The van der Waals surface area contributed by atoms with Crippen molar-refractivity contribution in [1.82, 2.24) is 19.7 Å². The van der Waals surface area contributed by atoms with Crippen molar-refractivity contribution in [3.63, 3.8) is 0 Å². The molecule has 4 aromatic rings. The zero-order chi connectivity index (χ0) is 30.4. The summed E-state index contributed by atoms with van der Waals surface area (Å²) in [6.45, 7) is 7.70. The van der Waals surface area contributed by atoms with E-state index in [0.717, 1.165) is 90.5 Å². The Morgan fingerprint density at radius 1 is 1.00 bits per heavy atom. The van der Waals surface area contributed by atoms with Gasteiger partial charge in [-0.25, -0.2) is 14.1 Å². The standard InChI is InChI=1S/C37H42FN5O/c1-4-28-20-24(3)43(41-28)35-10-6-9-32(40-35)29-8-5-7-27-13-14-33(37(27)29)39-34-22-31(38)30(19-23(34)2)26-15-17-42(18-16-26)36(44)21-25-11-12-25/h5-10,19-20,22,25-26,33,39H,4,11-18,21H2,1-3H3. The van der Waals surface area contributed by atoms with Crippen LogP contribution in [0.3, 0.4) is 0 Å². The van der Waals surface area contributed by atoms with Gasteiger partial charge in [0, 0.05) is 36.5 Å². The molecule has 6 nitrogen and oxygen atoms in total. The fourth-order valence-electron chi connectivity index (χ4n) is 7.19. The lowest BCUT2D eigenvalue weighted by molar-refractivity contribution is -0.132. The highest BCUT2D eigenvalue weighted by Crippen LogP contribution is 2.42. The van der Waals surface area contributed by atoms with Crippen molar-refractivity contribution >= 4 is 11.6 Å². The van der Waals surface area contributed by atoms with E-state index < -0.39 is 0 Å². The predicted octanol–water partition coefficient (Wildman–Crippen LogP) is 7.86. The molecule has 7 rings (SSSR count). The summed E-state index contributed by atoms with van der Waals surface area (Å²) < 4.78 is 17.6. The van der Waals surface area contributed by atoms with Gasteiger partial charge in [0.15, 0.2) is 5.82 Å². The number of rotatable bonds is 8. The van der Waals surface area contributed by atoms with Crippen LogP contribution in [0.4, 0.5) is 10.1 Å². The van der Waals surface area contributed by atoms with Crippen LogP contribution in [0, 0.1) is 25.6 Å². The average Bonchev–Trinajstić information content (AvgIpc) is 3.63. The van der Waals surface area contributed by atoms with E-state index in [-0.39, 0.29) is 23.7 Å². The first-order valence-electron chi connectivity index (χ1n) is 16.4. The molecule has 2 aromatic heterocycles. The van der Waals surface area contributed by atoms with Crippen molar-refractivity contribution < 1.29 is 9.18 Å². The van der Waals surface area contributed by atoms with Crippen molar-refractivity contribution in [2.45, 2.75) is 84.1 Å². The van der Waals surface area contributed by atoms with Gasteiger partial charge in [-0.2, -0.15) is 5.10 Å². The van der Waals surface area contributed by atoms with Gasteiger partial charge in [-0.05, 0) is 117 Å². The van der Waals surface area contributed by atoms with Crippen molar-refractivity contribution in [2.24, 2.45) is 5.92 Å². The Kier molecular flexibility index (Phi) is 7.73. The minimum atomic E-state index is -0.150. The summed E-state index contributed by atoms with van der Waals surface area (Å²) in [4.78, 5) is 19.6. The number of benzene rings is 2. The average molecular weight is 592 g/mol. The zero-order valence-electron chi connectivity index (χ0n) is 26.1. The number of anilines is 1. The molecule has 1 saturated carbocycles. The summed E-state index contributed by atoms with van der Waals surface area (Å²) >= 11 is 0. The van der Waals surface area contributed by atoms with Crippen LogP contribution in [-0.2, 0) is 17.6 Å². The van der Waals surface area contributed by atoms with E-state index in [1.165, 1.54) is 24.0 Å². The van der Waals surface area contributed by atoms with E-state index in [9.17, 15) is 4.79 Å². The maximum absolute atomic E-state index is 15.7. The lowest BCUT2D eigenvalue weighted by Gasteiger charge is -2.33. The first kappa shape index (κ1) is 28.8. The molecule has 228 valence electrons. The van der Waals surface area contributed by atoms with Crippen molar-refractivity contribution in [3.8, 4) is 17.1 Å². The fraction of sp³-hybridized carbons (Fsp3) is 0.432. The smallest absolute Gasteiger partial charge is 0.222 e. The lowest BCUT2D eigenvalue weighted by Crippen LogP contribution is -2.38. The predicted molar refractivity (Wildman–Crippen MR) is 173 cm³/mol. The molecule has 3 heterocycles. The van der Waals surface area contributed by atoms with Gasteiger partial charge in [0.2, 0.25) is 5.91 Å². The summed E-state index contributed by atoms with van der Waals surface area (Å²) in [6.07, 6.45) is 7.51. The zero-order valence-corrected chi connectivity index (χ0v) is 26.1. The summed E-state index contributed by atoms with van der Waals surface area (Å²) in [5, 5.41) is 8.47. The van der Waals surface area contributed by atoms with Gasteiger partial charge in [0.05, 0.1) is 17.4 Å². The van der Waals surface area contributed by atoms with Crippen LogP contribution in [0.5, 0.6) is 0 Å². The van der Waals surface area contributed by atoms with Gasteiger partial charge in [0.1, 0.15) is 5.82 Å². The highest BCUT2D eigenvalue weighted by atomic mass is 19.1. The molecule has 2 fully saturated rings. The van der Waals surface area contributed by atoms with E-state index in [4.69, 9.17) is 10.1 Å². The number of hydrogen-bond acceptors (Lipinski definition) is 4. The maximum atomic E-state index is 15.7. The molecule has 1 unspecified atom stereocenters. The number of carbonyl (C=O) groups is 1. The minimum absolute atomic E-state index is 0.0643. The summed E-state index contributed by atoms with van der Waals surface area (Å²) in [7, 11) is 0. The molecular weight excluding hydrogens is 549 g/mol. The van der Waals surface area contributed by atoms with Gasteiger partial charge in [-0.15, -0.1) is 0 Å². The monoisotopic (exact) mass is 591 g/mol. The summed E-state index contributed by atoms with van der Waals surface area (Å²) in [5.41, 5.74) is 9.40. The third kappa shape index (κ3) is 5.64. The van der Waals surface area contributed by atoms with E-state index in [0.29, 0.717) is 12.3 Å². The van der Waals surface area contributed by atoms with E-state index in [1.54, 1.807) is 6.07 Å². The highest BCUT2D eigenvalue weighted by Gasteiger charge is 2.31. The van der Waals surface area contributed by atoms with E-state index >= 15 is 4.39 Å². The van der Waals surface area contributed by atoms with Gasteiger partial charge in [-0.1, -0.05) is 37.3 Å². The molecule has 1 aliphatic heterocycles. The molecular formula is C37H42FN5O. The third-order valence-electron chi connectivity index (χ3n) is 9.90. The summed E-state index contributed by atoms with van der Waals surface area (Å²) in [6, 6.07) is 18.5. The van der Waals surface area contributed by atoms with Gasteiger partial charge in [-0.3, -0.25) is 4.79 Å². The van der Waals surface area contributed by atoms with Gasteiger partial charge in [0.25, 0.3) is 0 Å². The number of fused-ring (bicyclic) bond motifs is 1. The SMILES string of the molecule is CCc1cc(C)n(-c2cccc(-c3cccc4c3C(Nc3cc(F)c(C5CCN(C(=O)CC6CC6)CC5)cc3C)CC4)n2)n1. The topological polar surface area (TPSA) is 63.1 Å². The maximum Gasteiger partial charge on any atom is 0.222 e. The molecule has 7 heteroatoms. The van der Waals surface area contributed by atoms with Gasteiger partial charge >= 0.3 is 0 Å². The number of pyridine rings is 1. The number of carbonyl (C=O) groups excluding carboxylic acids is 1. The minimum Gasteiger partial charge on any atom is -0.378 e. The van der Waals surface area contributed by atoms with E-state index in [1.807, 2.05) is 27.8 Å². The number of aromatic nitrogens is 3. The van der Waals surface area contributed by atoms with Crippen LogP contribution in [0.1, 0.15) is 91.1 Å². The highest BCUT2D eigenvalue weighted by molar-refractivity contribution is 5.77. The second-order valence-electron chi connectivity index (χ2n) is 13.0. The molecule has 44 heavy (non-hydrogen) atoms. The lowest BCUT2D eigenvalue weighted by atomic mass is 9.87. The van der Waals surface area contributed by atoms with Crippen molar-refractivity contribution in [3.05, 3.63) is 94.1 Å². The molecule has 2 aliphatic carbocycles. The Morgan fingerprint density at radius 3 is 2.55 bits per heavy atom. The number of aryl methyl sites for hydroxylation is 4. The summed E-state index contributed by atoms with van der Waals surface area (Å²) in [5.74, 6) is 1.69. The Morgan fingerprint density at radius 2 is 1.80 bits per heavy atom. The molecule has 3 aliphatic rings. The second kappa shape index (κ2) is 11.8. The van der Waals surface area contributed by atoms with Gasteiger partial charge < -0.3 is 10.2 Å². The molecule has 1 amide bonds. The fourth-order valence-corrected chi connectivity index (χ4v) is 7.19. The first-order chi connectivity index (χ1) is 21.4. The molecule has 0 bridgehead atoms. The normalized spacial score (nSPS) is 18.5. The van der Waals surface area contributed by atoms with Crippen LogP contribution in [0.25, 0.3) is 17.1 Å².